The van der Waals surface area contributed by atoms with Crippen molar-refractivity contribution in [1.82, 2.24) is 0 Å². The molecule has 2 fully saturated rings. The molecule has 2 aliphatic rings. The molecule has 0 aromatic heterocycles. The van der Waals surface area contributed by atoms with E-state index in [9.17, 15) is 55.5 Å². The van der Waals surface area contributed by atoms with Crippen molar-refractivity contribution in [2.45, 2.75) is 60.6 Å². The number of carbonyl (C=O) groups is 2. The van der Waals surface area contributed by atoms with Crippen LogP contribution in [0, 0.1) is 0 Å². The van der Waals surface area contributed by atoms with Crippen molar-refractivity contribution < 1.29 is 74.5 Å². The molecule has 30 heavy (non-hydrogen) atoms. The van der Waals surface area contributed by atoms with E-state index in [1.165, 1.54) is 0 Å². The van der Waals surface area contributed by atoms with E-state index in [2.05, 4.69) is 0 Å². The number of aldehydes is 1. The largest absolute Gasteiger partial charge is 0.403 e. The molecular weight excluding hydrogens is 420 g/mol. The summed E-state index contributed by atoms with van der Waals surface area (Å²) < 4.78 is 20.1. The molecule has 0 aromatic carbocycles. The summed E-state index contributed by atoms with van der Waals surface area (Å²) in [6.45, 7) is -3.19. The number of rotatable bonds is 8. The monoisotopic (exact) mass is 444 g/mol. The van der Waals surface area contributed by atoms with Gasteiger partial charge in [-0.15, -0.1) is 0 Å². The maximum atomic E-state index is 12.0. The van der Waals surface area contributed by atoms with Crippen LogP contribution in [0.15, 0.2) is 0 Å². The third-order valence-corrected chi connectivity index (χ3v) is 4.75. The van der Waals surface area contributed by atoms with Gasteiger partial charge in [-0.2, -0.15) is 0 Å². The lowest BCUT2D eigenvalue weighted by Gasteiger charge is -2.49. The molecule has 2 saturated heterocycles. The highest BCUT2D eigenvalue weighted by Gasteiger charge is 2.66. The van der Waals surface area contributed by atoms with Crippen molar-refractivity contribution in [1.29, 1.82) is 0 Å². The number of carbonyl (C=O) groups excluding carboxylic acids is 2. The quantitative estimate of drug-likeness (QED) is 0.0729. The van der Waals surface area contributed by atoms with E-state index in [1.54, 1.807) is 0 Å². The third-order valence-electron chi connectivity index (χ3n) is 4.75. The lowest BCUT2D eigenvalue weighted by molar-refractivity contribution is -0.498. The summed E-state index contributed by atoms with van der Waals surface area (Å²) >= 11 is 0. The molecule has 10 atom stereocenters. The molecule has 0 bridgehead atoms. The molecule has 174 valence electrons. The maximum absolute atomic E-state index is 12.0. The molecule has 0 spiro atoms. The summed E-state index contributed by atoms with van der Waals surface area (Å²) in [7, 11) is 0. The van der Waals surface area contributed by atoms with E-state index in [4.69, 9.17) is 18.9 Å². The Morgan fingerprint density at radius 2 is 1.50 bits per heavy atom. The zero-order valence-electron chi connectivity index (χ0n) is 15.3. The van der Waals surface area contributed by atoms with Crippen LogP contribution in [0.2, 0.25) is 0 Å². The average Bonchev–Trinajstić information content (AvgIpc) is 2.98. The van der Waals surface area contributed by atoms with Crippen molar-refractivity contribution >= 4 is 12.3 Å². The molecular formula is C15H24O15. The van der Waals surface area contributed by atoms with Gasteiger partial charge in [-0.25, -0.2) is 4.79 Å². The third kappa shape index (κ3) is 4.20. The summed E-state index contributed by atoms with van der Waals surface area (Å²) in [4.78, 5) is 22.6. The zero-order chi connectivity index (χ0) is 22.9. The van der Waals surface area contributed by atoms with Crippen molar-refractivity contribution in [3.05, 3.63) is 0 Å². The van der Waals surface area contributed by atoms with Gasteiger partial charge >= 0.3 is 11.9 Å². The molecule has 2 rings (SSSR count). The fourth-order valence-corrected chi connectivity index (χ4v) is 3.05. The first-order chi connectivity index (χ1) is 14.0. The molecule has 0 aliphatic carbocycles. The average molecular weight is 444 g/mol. The molecule has 0 amide bonds. The minimum absolute atomic E-state index is 0.270. The van der Waals surface area contributed by atoms with Crippen molar-refractivity contribution in [2.24, 2.45) is 0 Å². The van der Waals surface area contributed by atoms with Crippen molar-refractivity contribution in [2.75, 3.05) is 19.8 Å². The Morgan fingerprint density at radius 3 is 1.97 bits per heavy atom. The van der Waals surface area contributed by atoms with Crippen LogP contribution in [0.25, 0.3) is 0 Å². The standard InChI is InChI=1S/C15H24O15/c16-1-5(20)13(26)29-15(12(25)10(23)8(21)6(2-17)28-15)30-14(4-19)11(24)9(22)7(3-18)27-14/h1,5-12,17-25H,2-4H2/t5?,6-,7-,8-,9-,10+,11+,12-,14?,15+/m1/s1. The second-order valence-corrected chi connectivity index (χ2v) is 6.72. The topological polar surface area (TPSA) is 253 Å². The number of hydrogen-bond donors (Lipinski definition) is 9. The molecule has 0 aromatic rings. The van der Waals surface area contributed by atoms with Crippen LogP contribution in [0.1, 0.15) is 0 Å². The Morgan fingerprint density at radius 1 is 0.933 bits per heavy atom. The highest BCUT2D eigenvalue weighted by molar-refractivity contribution is 5.90. The molecule has 9 N–H and O–H groups in total. The van der Waals surface area contributed by atoms with Gasteiger partial charge in [0.15, 0.2) is 12.4 Å². The predicted octanol–water partition coefficient (Wildman–Crippen LogP) is -6.96. The Balaban J connectivity index is 2.50. The van der Waals surface area contributed by atoms with E-state index >= 15 is 0 Å². The fraction of sp³-hybridized carbons (Fsp3) is 0.867. The molecule has 0 radical (unpaired) electrons. The summed E-state index contributed by atoms with van der Waals surface area (Å²) in [6.07, 6.45) is -16.6. The van der Waals surface area contributed by atoms with Gasteiger partial charge in [0.1, 0.15) is 43.2 Å². The Bertz CT molecular complexity index is 615. The van der Waals surface area contributed by atoms with E-state index in [1.807, 2.05) is 0 Å². The fourth-order valence-electron chi connectivity index (χ4n) is 3.05. The Labute approximate surface area is 168 Å². The second kappa shape index (κ2) is 9.43. The van der Waals surface area contributed by atoms with Crippen LogP contribution in [0.5, 0.6) is 0 Å². The van der Waals surface area contributed by atoms with Gasteiger partial charge in [-0.3, -0.25) is 9.53 Å². The predicted molar refractivity (Wildman–Crippen MR) is 85.7 cm³/mol. The summed E-state index contributed by atoms with van der Waals surface area (Å²) in [5.41, 5.74) is 0. The number of esters is 1. The molecule has 15 nitrogen and oxygen atoms in total. The highest BCUT2D eigenvalue weighted by Crippen LogP contribution is 2.41. The van der Waals surface area contributed by atoms with Crippen LogP contribution >= 0.6 is 0 Å². The van der Waals surface area contributed by atoms with Crippen LogP contribution in [0.3, 0.4) is 0 Å². The van der Waals surface area contributed by atoms with Gasteiger partial charge in [-0.05, 0) is 0 Å². The van der Waals surface area contributed by atoms with Crippen LogP contribution in [0.4, 0.5) is 0 Å². The minimum atomic E-state index is -3.28. The normalized spacial score (nSPS) is 45.2. The summed E-state index contributed by atoms with van der Waals surface area (Å²) in [5, 5.41) is 88.3. The lowest BCUT2D eigenvalue weighted by atomic mass is 9.97. The Hall–Kier alpha value is -1.34. The lowest BCUT2D eigenvalue weighted by Crippen LogP contribution is -2.71. The summed E-state index contributed by atoms with van der Waals surface area (Å²) in [5.74, 6) is -7.80. The molecule has 15 heteroatoms. The zero-order valence-corrected chi connectivity index (χ0v) is 15.3. The SMILES string of the molecule is O=CC(O)C(=O)O[C@@]1(OC2(CO)O[C@H](CO)[C@@H](O)[C@@H]2O)O[C@H](CO)[C@@H](O)[C@H](O)[C@H]1O. The maximum Gasteiger partial charge on any atom is 0.362 e. The first kappa shape index (κ1) is 24.9. The van der Waals surface area contributed by atoms with E-state index < -0.39 is 86.4 Å². The first-order valence-corrected chi connectivity index (χ1v) is 8.67. The van der Waals surface area contributed by atoms with Crippen LogP contribution in [-0.2, 0) is 28.5 Å². The van der Waals surface area contributed by atoms with Gasteiger partial charge in [-0.1, -0.05) is 0 Å². The van der Waals surface area contributed by atoms with Gasteiger partial charge in [0.25, 0.3) is 0 Å². The molecule has 2 aliphatic heterocycles. The smallest absolute Gasteiger partial charge is 0.362 e. The molecule has 0 saturated carbocycles. The number of aliphatic hydroxyl groups is 9. The van der Waals surface area contributed by atoms with E-state index in [-0.39, 0.29) is 6.29 Å². The van der Waals surface area contributed by atoms with E-state index in [0.29, 0.717) is 0 Å². The van der Waals surface area contributed by atoms with Crippen molar-refractivity contribution in [3.63, 3.8) is 0 Å². The molecule has 2 heterocycles. The number of hydrogen-bond acceptors (Lipinski definition) is 15. The van der Waals surface area contributed by atoms with Gasteiger partial charge in [0.2, 0.25) is 11.9 Å². The Kier molecular flexibility index (Phi) is 7.83. The van der Waals surface area contributed by atoms with E-state index in [0.717, 1.165) is 0 Å². The van der Waals surface area contributed by atoms with Gasteiger partial charge in [0.05, 0.1) is 13.2 Å². The van der Waals surface area contributed by atoms with Crippen LogP contribution < -0.4 is 0 Å². The van der Waals surface area contributed by atoms with Crippen molar-refractivity contribution in [3.8, 4) is 0 Å². The summed E-state index contributed by atoms with van der Waals surface area (Å²) in [6, 6.07) is 0. The first-order valence-electron chi connectivity index (χ1n) is 8.67. The number of ether oxygens (including phenoxy) is 4. The van der Waals surface area contributed by atoms with Gasteiger partial charge < -0.3 is 60.2 Å². The number of aliphatic hydroxyl groups excluding tert-OH is 9. The molecule has 2 unspecified atom stereocenters. The minimum Gasteiger partial charge on any atom is -0.403 e. The highest BCUT2D eigenvalue weighted by atomic mass is 16.9. The van der Waals surface area contributed by atoms with Gasteiger partial charge in [0, 0.05) is 0 Å². The second-order valence-electron chi connectivity index (χ2n) is 6.72. The van der Waals surface area contributed by atoms with Crippen LogP contribution in [-0.4, -0.2) is 139 Å².